The second-order valence-corrected chi connectivity index (χ2v) is 4.24. The van der Waals surface area contributed by atoms with E-state index in [4.69, 9.17) is 5.73 Å². The van der Waals surface area contributed by atoms with E-state index in [0.29, 0.717) is 0 Å². The molecule has 16 heavy (non-hydrogen) atoms. The second kappa shape index (κ2) is 5.01. The summed E-state index contributed by atoms with van der Waals surface area (Å²) in [4.78, 5) is 7.85. The zero-order valence-electron chi connectivity index (χ0n) is 9.79. The largest absolute Gasteiger partial charge is 0.397 e. The minimum atomic E-state index is 0.758. The van der Waals surface area contributed by atoms with Crippen LogP contribution in [0.4, 0.5) is 5.69 Å². The van der Waals surface area contributed by atoms with Gasteiger partial charge in [0.1, 0.15) is 11.3 Å². The summed E-state index contributed by atoms with van der Waals surface area (Å²) in [6.07, 6.45) is 6.08. The van der Waals surface area contributed by atoms with Gasteiger partial charge in [-0.25, -0.2) is 4.98 Å². The van der Waals surface area contributed by atoms with E-state index in [1.54, 1.807) is 0 Å². The van der Waals surface area contributed by atoms with Gasteiger partial charge >= 0.3 is 0 Å². The van der Waals surface area contributed by atoms with Crippen LogP contribution in [0.15, 0.2) is 18.2 Å². The number of para-hydroxylation sites is 1. The predicted octanol–water partition coefficient (Wildman–Crippen LogP) is 3.27. The Labute approximate surface area is 96.1 Å². The summed E-state index contributed by atoms with van der Waals surface area (Å²) in [5.74, 6) is 1.06. The average Bonchev–Trinajstić information content (AvgIpc) is 2.69. The Morgan fingerprint density at radius 1 is 1.25 bits per heavy atom. The molecule has 2 aromatic rings. The van der Waals surface area contributed by atoms with Gasteiger partial charge in [0, 0.05) is 6.42 Å². The number of fused-ring (bicyclic) bond motifs is 1. The van der Waals surface area contributed by atoms with Crippen molar-refractivity contribution >= 4 is 16.7 Å². The molecule has 0 spiro atoms. The van der Waals surface area contributed by atoms with Crippen molar-refractivity contribution in [2.45, 2.75) is 39.0 Å². The highest BCUT2D eigenvalue weighted by Gasteiger charge is 2.04. The van der Waals surface area contributed by atoms with Crippen molar-refractivity contribution in [1.29, 1.82) is 0 Å². The quantitative estimate of drug-likeness (QED) is 0.596. The lowest BCUT2D eigenvalue weighted by molar-refractivity contribution is 0.656. The first-order valence-electron chi connectivity index (χ1n) is 6.04. The van der Waals surface area contributed by atoms with E-state index < -0.39 is 0 Å². The monoisotopic (exact) mass is 217 g/mol. The Hall–Kier alpha value is -1.51. The number of hydrogen-bond acceptors (Lipinski definition) is 2. The maximum absolute atomic E-state index is 5.86. The molecule has 0 bridgehead atoms. The molecule has 0 fully saturated rings. The third kappa shape index (κ3) is 2.35. The number of nitrogens with two attached hydrogens (primary N) is 1. The number of aromatic nitrogens is 2. The maximum atomic E-state index is 5.86. The molecular formula is C13H19N3. The molecule has 0 aliphatic heterocycles. The van der Waals surface area contributed by atoms with Crippen LogP contribution in [0.1, 0.15) is 38.4 Å². The van der Waals surface area contributed by atoms with Gasteiger partial charge in [-0.05, 0) is 18.6 Å². The number of H-pyrrole nitrogens is 1. The highest BCUT2D eigenvalue weighted by molar-refractivity contribution is 5.86. The van der Waals surface area contributed by atoms with Gasteiger partial charge in [-0.15, -0.1) is 0 Å². The van der Waals surface area contributed by atoms with Crippen LogP contribution in [-0.2, 0) is 6.42 Å². The van der Waals surface area contributed by atoms with Crippen LogP contribution in [0.5, 0.6) is 0 Å². The van der Waals surface area contributed by atoms with Crippen molar-refractivity contribution in [1.82, 2.24) is 9.97 Å². The molecule has 3 heteroatoms. The molecule has 0 aliphatic rings. The highest BCUT2D eigenvalue weighted by atomic mass is 14.9. The molecule has 1 aromatic heterocycles. The molecule has 86 valence electrons. The summed E-state index contributed by atoms with van der Waals surface area (Å²) in [5, 5.41) is 0. The number of unbranched alkanes of at least 4 members (excludes halogenated alkanes) is 3. The van der Waals surface area contributed by atoms with Gasteiger partial charge in [-0.2, -0.15) is 0 Å². The van der Waals surface area contributed by atoms with Gasteiger partial charge in [0.25, 0.3) is 0 Å². The molecule has 0 atom stereocenters. The molecule has 1 aromatic carbocycles. The van der Waals surface area contributed by atoms with Crippen LogP contribution in [-0.4, -0.2) is 9.97 Å². The number of hydrogen-bond donors (Lipinski definition) is 2. The van der Waals surface area contributed by atoms with Gasteiger partial charge in [0.15, 0.2) is 0 Å². The van der Waals surface area contributed by atoms with E-state index in [9.17, 15) is 0 Å². The number of aromatic amines is 1. The molecule has 1 heterocycles. The number of imidazole rings is 1. The number of rotatable bonds is 5. The maximum Gasteiger partial charge on any atom is 0.111 e. The zero-order valence-corrected chi connectivity index (χ0v) is 9.79. The summed E-state index contributed by atoms with van der Waals surface area (Å²) < 4.78 is 0. The standard InChI is InChI=1S/C13H19N3/c1-2-3-4-5-9-12-15-11-8-6-7-10(14)13(11)16-12/h6-8H,2-5,9,14H2,1H3,(H,15,16). The molecule has 3 nitrogen and oxygen atoms in total. The molecule has 0 amide bonds. The van der Waals surface area contributed by atoms with Crippen LogP contribution in [0, 0.1) is 0 Å². The van der Waals surface area contributed by atoms with Crippen LogP contribution < -0.4 is 5.73 Å². The van der Waals surface area contributed by atoms with Crippen LogP contribution in [0.2, 0.25) is 0 Å². The van der Waals surface area contributed by atoms with E-state index in [1.165, 1.54) is 25.7 Å². The van der Waals surface area contributed by atoms with Crippen LogP contribution in [0.25, 0.3) is 11.0 Å². The second-order valence-electron chi connectivity index (χ2n) is 4.24. The van der Waals surface area contributed by atoms with Crippen molar-refractivity contribution in [3.63, 3.8) is 0 Å². The van der Waals surface area contributed by atoms with E-state index >= 15 is 0 Å². The fourth-order valence-corrected chi connectivity index (χ4v) is 1.94. The summed E-state index contributed by atoms with van der Waals surface area (Å²) in [5.41, 5.74) is 8.58. The summed E-state index contributed by atoms with van der Waals surface area (Å²) >= 11 is 0. The minimum Gasteiger partial charge on any atom is -0.397 e. The zero-order chi connectivity index (χ0) is 11.4. The Bertz CT molecular complexity index is 459. The molecule has 0 aliphatic carbocycles. The third-order valence-corrected chi connectivity index (χ3v) is 2.86. The molecule has 0 saturated heterocycles. The van der Waals surface area contributed by atoms with Crippen molar-refractivity contribution in [3.8, 4) is 0 Å². The van der Waals surface area contributed by atoms with Crippen molar-refractivity contribution < 1.29 is 0 Å². The number of aryl methyl sites for hydroxylation is 1. The molecular weight excluding hydrogens is 198 g/mol. The predicted molar refractivity (Wildman–Crippen MR) is 68.4 cm³/mol. The molecule has 0 radical (unpaired) electrons. The first-order valence-corrected chi connectivity index (χ1v) is 6.04. The van der Waals surface area contributed by atoms with Crippen LogP contribution >= 0.6 is 0 Å². The average molecular weight is 217 g/mol. The smallest absolute Gasteiger partial charge is 0.111 e. The first-order chi connectivity index (χ1) is 7.81. The number of nitrogen functional groups attached to an aromatic ring is 1. The minimum absolute atomic E-state index is 0.758. The topological polar surface area (TPSA) is 54.7 Å². The summed E-state index contributed by atoms with van der Waals surface area (Å²) in [6, 6.07) is 5.87. The Kier molecular flexibility index (Phi) is 3.44. The lowest BCUT2D eigenvalue weighted by atomic mass is 10.1. The number of benzene rings is 1. The summed E-state index contributed by atoms with van der Waals surface area (Å²) in [6.45, 7) is 2.22. The fourth-order valence-electron chi connectivity index (χ4n) is 1.94. The Morgan fingerprint density at radius 3 is 2.88 bits per heavy atom. The number of anilines is 1. The first kappa shape index (κ1) is 11.0. The lowest BCUT2D eigenvalue weighted by Gasteiger charge is -1.95. The van der Waals surface area contributed by atoms with E-state index in [0.717, 1.165) is 29.0 Å². The third-order valence-electron chi connectivity index (χ3n) is 2.86. The van der Waals surface area contributed by atoms with E-state index in [-0.39, 0.29) is 0 Å². The molecule has 0 unspecified atom stereocenters. The van der Waals surface area contributed by atoms with Gasteiger partial charge in [-0.1, -0.05) is 32.3 Å². The van der Waals surface area contributed by atoms with Gasteiger partial charge < -0.3 is 10.7 Å². The van der Waals surface area contributed by atoms with E-state index in [2.05, 4.69) is 16.9 Å². The van der Waals surface area contributed by atoms with Crippen molar-refractivity contribution in [2.75, 3.05) is 5.73 Å². The molecule has 2 rings (SSSR count). The van der Waals surface area contributed by atoms with Gasteiger partial charge in [-0.3, -0.25) is 0 Å². The molecule has 3 N–H and O–H groups in total. The van der Waals surface area contributed by atoms with Crippen molar-refractivity contribution in [3.05, 3.63) is 24.0 Å². The highest BCUT2D eigenvalue weighted by Crippen LogP contribution is 2.18. The molecule has 0 saturated carbocycles. The van der Waals surface area contributed by atoms with Crippen molar-refractivity contribution in [2.24, 2.45) is 0 Å². The number of nitrogens with zero attached hydrogens (tertiary/aromatic N) is 1. The van der Waals surface area contributed by atoms with Crippen LogP contribution in [0.3, 0.4) is 0 Å². The lowest BCUT2D eigenvalue weighted by Crippen LogP contribution is -1.88. The van der Waals surface area contributed by atoms with Gasteiger partial charge in [0.05, 0.1) is 11.2 Å². The van der Waals surface area contributed by atoms with E-state index in [1.807, 2.05) is 18.2 Å². The van der Waals surface area contributed by atoms with Gasteiger partial charge in [0.2, 0.25) is 0 Å². The Morgan fingerprint density at radius 2 is 2.12 bits per heavy atom. The fraction of sp³-hybridized carbons (Fsp3) is 0.462. The SMILES string of the molecule is CCCCCCc1nc2c(N)cccc2[nH]1. The normalized spacial score (nSPS) is 11.1. The Balaban J connectivity index is 2.05. The number of nitrogens with one attached hydrogen (secondary N) is 1. The summed E-state index contributed by atoms with van der Waals surface area (Å²) in [7, 11) is 0.